The first-order chi connectivity index (χ1) is 18.3. The van der Waals surface area contributed by atoms with Crippen LogP contribution in [0.1, 0.15) is 37.3 Å². The number of nitrogen functional groups attached to an aromatic ring is 1. The Morgan fingerprint density at radius 1 is 1.21 bits per heavy atom. The number of nitrogens with one attached hydrogen (secondary N) is 1. The van der Waals surface area contributed by atoms with Gasteiger partial charge in [-0.05, 0) is 57.1 Å². The molecule has 2 aliphatic heterocycles. The van der Waals surface area contributed by atoms with Gasteiger partial charge in [0.05, 0.1) is 29.7 Å². The van der Waals surface area contributed by atoms with Crippen LogP contribution in [0.15, 0.2) is 47.8 Å². The second-order valence-electron chi connectivity index (χ2n) is 9.89. The predicted octanol–water partition coefficient (Wildman–Crippen LogP) is 4.32. The Bertz CT molecular complexity index is 1170. The number of hydrogen-bond acceptors (Lipinski definition) is 8. The van der Waals surface area contributed by atoms with Gasteiger partial charge in [-0.1, -0.05) is 29.3 Å². The molecule has 1 aromatic carbocycles. The molecule has 2 aromatic rings. The topological polar surface area (TPSA) is 126 Å². The van der Waals surface area contributed by atoms with Crippen LogP contribution in [-0.4, -0.2) is 71.3 Å². The van der Waals surface area contributed by atoms with Crippen LogP contribution in [-0.2, 0) is 11.3 Å². The molecule has 3 heterocycles. The fourth-order valence-corrected chi connectivity index (χ4v) is 5.16. The molecule has 0 saturated carbocycles. The van der Waals surface area contributed by atoms with Crippen molar-refractivity contribution in [3.05, 3.63) is 63.9 Å². The Morgan fingerprint density at radius 2 is 1.92 bits per heavy atom. The van der Waals surface area contributed by atoms with Crippen LogP contribution in [0.5, 0.6) is 5.75 Å². The second kappa shape index (κ2) is 12.8. The maximum absolute atomic E-state index is 8.56. The number of aromatic nitrogens is 1. The van der Waals surface area contributed by atoms with Gasteiger partial charge in [0, 0.05) is 47.9 Å². The lowest BCUT2D eigenvalue weighted by atomic mass is 9.96. The number of likely N-dealkylation sites (tertiary alicyclic amines) is 2. The summed E-state index contributed by atoms with van der Waals surface area (Å²) in [6.07, 6.45) is 9.66. The molecule has 1 aromatic heterocycles. The predicted molar refractivity (Wildman–Crippen MR) is 153 cm³/mol. The number of benzene rings is 1. The number of hydrazone groups is 1. The van der Waals surface area contributed by atoms with Crippen molar-refractivity contribution in [3.63, 3.8) is 0 Å². The highest BCUT2D eigenvalue weighted by atomic mass is 35.5. The molecular weight excluding hydrogens is 525 g/mol. The molecule has 0 amide bonds. The SMILES string of the molecule is CC1(OCCN2CCCC2)CN(C(/C=C\CC(=N)c2cc(OCc3c(Cl)cncc3Cl)ccc2N)=N/N)C1. The summed E-state index contributed by atoms with van der Waals surface area (Å²) in [6.45, 7) is 7.81. The molecule has 0 atom stereocenters. The van der Waals surface area contributed by atoms with Gasteiger partial charge in [-0.15, -0.1) is 0 Å². The van der Waals surface area contributed by atoms with E-state index in [9.17, 15) is 0 Å². The van der Waals surface area contributed by atoms with Crippen molar-refractivity contribution in [2.24, 2.45) is 10.9 Å². The molecule has 204 valence electrons. The normalized spacial score (nSPS) is 17.7. The van der Waals surface area contributed by atoms with Crippen molar-refractivity contribution >= 4 is 40.4 Å². The van der Waals surface area contributed by atoms with Gasteiger partial charge < -0.3 is 36.3 Å². The van der Waals surface area contributed by atoms with Gasteiger partial charge in [-0.3, -0.25) is 4.98 Å². The van der Waals surface area contributed by atoms with E-state index in [0.717, 1.165) is 26.2 Å². The van der Waals surface area contributed by atoms with Gasteiger partial charge >= 0.3 is 0 Å². The van der Waals surface area contributed by atoms with E-state index in [2.05, 4.69) is 26.8 Å². The van der Waals surface area contributed by atoms with E-state index in [1.54, 1.807) is 18.2 Å². The summed E-state index contributed by atoms with van der Waals surface area (Å²) >= 11 is 12.4. The van der Waals surface area contributed by atoms with E-state index < -0.39 is 0 Å². The van der Waals surface area contributed by atoms with E-state index in [1.165, 1.54) is 38.3 Å². The molecule has 2 fully saturated rings. The highest BCUT2D eigenvalue weighted by molar-refractivity contribution is 6.35. The third-order valence-corrected chi connectivity index (χ3v) is 7.49. The molecule has 0 unspecified atom stereocenters. The number of pyridine rings is 1. The van der Waals surface area contributed by atoms with Gasteiger partial charge in [0.15, 0.2) is 0 Å². The minimum absolute atomic E-state index is 0.170. The number of allylic oxidation sites excluding steroid dienone is 1. The Morgan fingerprint density at radius 3 is 2.61 bits per heavy atom. The summed E-state index contributed by atoms with van der Waals surface area (Å²) in [5.74, 6) is 6.88. The van der Waals surface area contributed by atoms with Gasteiger partial charge in [-0.25, -0.2) is 0 Å². The van der Waals surface area contributed by atoms with Crippen molar-refractivity contribution in [3.8, 4) is 5.75 Å². The van der Waals surface area contributed by atoms with Crippen LogP contribution in [0.4, 0.5) is 5.69 Å². The average molecular weight is 561 g/mol. The number of amidine groups is 1. The van der Waals surface area contributed by atoms with Gasteiger partial charge in [0.1, 0.15) is 23.8 Å². The fourth-order valence-electron chi connectivity index (χ4n) is 4.68. The standard InChI is InChI=1S/C27H35Cl2N7O2/c1-27(38-12-11-35-9-2-3-10-35)17-36(18-27)26(34-32)6-4-5-24(30)20-13-19(7-8-25(20)31)37-16-21-22(28)14-33-15-23(21)29/h4,6-8,13-15,30H,2-3,5,9-12,16-18,31-32H2,1H3/b6-4-,30-24?,34-26+. The summed E-state index contributed by atoms with van der Waals surface area (Å²) in [6, 6.07) is 5.21. The highest BCUT2D eigenvalue weighted by Crippen LogP contribution is 2.28. The Labute approximate surface area is 233 Å². The fraction of sp³-hybridized carbons (Fsp3) is 0.444. The minimum Gasteiger partial charge on any atom is -0.489 e. The van der Waals surface area contributed by atoms with Gasteiger partial charge in [0.2, 0.25) is 0 Å². The first-order valence-electron chi connectivity index (χ1n) is 12.7. The molecule has 0 radical (unpaired) electrons. The van der Waals surface area contributed by atoms with Crippen molar-refractivity contribution in [2.45, 2.75) is 38.4 Å². The molecule has 0 spiro atoms. The molecule has 2 aliphatic rings. The van der Waals surface area contributed by atoms with E-state index >= 15 is 0 Å². The molecule has 0 bridgehead atoms. The second-order valence-corrected chi connectivity index (χ2v) is 10.7. The zero-order valence-corrected chi connectivity index (χ0v) is 23.1. The summed E-state index contributed by atoms with van der Waals surface area (Å²) < 4.78 is 12.0. The zero-order valence-electron chi connectivity index (χ0n) is 21.6. The number of halogens is 2. The molecule has 5 N–H and O–H groups in total. The van der Waals surface area contributed by atoms with Crippen molar-refractivity contribution in [1.82, 2.24) is 14.8 Å². The third-order valence-electron chi connectivity index (χ3n) is 6.84. The lowest BCUT2D eigenvalue weighted by Gasteiger charge is -2.48. The van der Waals surface area contributed by atoms with Crippen LogP contribution in [0.3, 0.4) is 0 Å². The van der Waals surface area contributed by atoms with Crippen LogP contribution >= 0.6 is 23.2 Å². The number of anilines is 1. The lowest BCUT2D eigenvalue weighted by molar-refractivity contribution is -0.110. The minimum atomic E-state index is -0.199. The summed E-state index contributed by atoms with van der Waals surface area (Å²) in [5.41, 5.74) is 8.03. The molecule has 0 aliphatic carbocycles. The number of hydrogen-bond donors (Lipinski definition) is 3. The number of rotatable bonds is 11. The number of nitrogens with zero attached hydrogens (tertiary/aromatic N) is 4. The van der Waals surface area contributed by atoms with Crippen LogP contribution < -0.4 is 16.3 Å². The largest absolute Gasteiger partial charge is 0.489 e. The smallest absolute Gasteiger partial charge is 0.148 e. The van der Waals surface area contributed by atoms with Crippen molar-refractivity contribution in [2.75, 3.05) is 45.1 Å². The van der Waals surface area contributed by atoms with Gasteiger partial charge in [-0.2, -0.15) is 5.10 Å². The molecule has 9 nitrogen and oxygen atoms in total. The molecular formula is C27H35Cl2N7O2. The number of nitrogens with two attached hydrogens (primary N) is 2. The lowest BCUT2D eigenvalue weighted by Crippen LogP contribution is -2.63. The van der Waals surface area contributed by atoms with Crippen LogP contribution in [0, 0.1) is 5.41 Å². The number of ether oxygens (including phenoxy) is 2. The maximum Gasteiger partial charge on any atom is 0.148 e. The van der Waals surface area contributed by atoms with Crippen molar-refractivity contribution in [1.29, 1.82) is 5.41 Å². The van der Waals surface area contributed by atoms with E-state index in [0.29, 0.717) is 50.6 Å². The van der Waals surface area contributed by atoms with Crippen molar-refractivity contribution < 1.29 is 9.47 Å². The maximum atomic E-state index is 8.56. The molecule has 11 heteroatoms. The highest BCUT2D eigenvalue weighted by Gasteiger charge is 2.41. The first-order valence-corrected chi connectivity index (χ1v) is 13.5. The quantitative estimate of drug-likeness (QED) is 0.123. The summed E-state index contributed by atoms with van der Waals surface area (Å²) in [5, 5.41) is 13.4. The molecule has 4 rings (SSSR count). The summed E-state index contributed by atoms with van der Waals surface area (Å²) in [7, 11) is 0. The van der Waals surface area contributed by atoms with E-state index in [-0.39, 0.29) is 12.2 Å². The molecule has 38 heavy (non-hydrogen) atoms. The Hall–Kier alpha value is -2.85. The van der Waals surface area contributed by atoms with Gasteiger partial charge in [0.25, 0.3) is 0 Å². The first kappa shape index (κ1) is 28.2. The average Bonchev–Trinajstić information content (AvgIpc) is 3.39. The van der Waals surface area contributed by atoms with E-state index in [4.69, 9.17) is 49.7 Å². The Kier molecular flexibility index (Phi) is 9.49. The third kappa shape index (κ3) is 7.17. The van der Waals surface area contributed by atoms with Crippen LogP contribution in [0.2, 0.25) is 10.0 Å². The van der Waals surface area contributed by atoms with E-state index in [1.807, 2.05) is 12.2 Å². The molecule has 2 saturated heterocycles. The summed E-state index contributed by atoms with van der Waals surface area (Å²) in [4.78, 5) is 8.48. The zero-order chi connectivity index (χ0) is 27.1. The monoisotopic (exact) mass is 559 g/mol. The van der Waals surface area contributed by atoms with Crippen LogP contribution in [0.25, 0.3) is 0 Å². The Balaban J connectivity index is 1.27.